The first-order valence-corrected chi connectivity index (χ1v) is 6.62. The van der Waals surface area contributed by atoms with E-state index in [1.165, 1.54) is 12.5 Å². The third kappa shape index (κ3) is 3.12. The predicted molar refractivity (Wildman–Crippen MR) is 80.2 cm³/mol. The predicted octanol–water partition coefficient (Wildman–Crippen LogP) is 3.70. The zero-order valence-corrected chi connectivity index (χ0v) is 11.6. The van der Waals surface area contributed by atoms with Crippen LogP contribution >= 0.6 is 0 Å². The van der Waals surface area contributed by atoms with E-state index in [1.54, 1.807) is 36.4 Å². The standard InChI is InChI=1S/C17H17NO2/c1-3-13-8-10-14(11-9-13)17(20)18-16-7-5-4-6-15(16)12(2)19/h4-11H,3H2,1-2H3,(H,18,20). The van der Waals surface area contributed by atoms with Crippen molar-refractivity contribution in [1.29, 1.82) is 0 Å². The Morgan fingerprint density at radius 3 is 2.25 bits per heavy atom. The van der Waals surface area contributed by atoms with E-state index >= 15 is 0 Å². The Morgan fingerprint density at radius 1 is 1.00 bits per heavy atom. The van der Waals surface area contributed by atoms with Gasteiger partial charge in [-0.1, -0.05) is 31.2 Å². The molecule has 1 N–H and O–H groups in total. The maximum absolute atomic E-state index is 12.2. The van der Waals surface area contributed by atoms with Crippen molar-refractivity contribution in [3.8, 4) is 0 Å². The molecule has 0 unspecified atom stereocenters. The number of benzene rings is 2. The summed E-state index contributed by atoms with van der Waals surface area (Å²) in [7, 11) is 0. The number of amides is 1. The molecule has 0 fully saturated rings. The highest BCUT2D eigenvalue weighted by Gasteiger charge is 2.10. The molecular weight excluding hydrogens is 250 g/mol. The number of para-hydroxylation sites is 1. The van der Waals surface area contributed by atoms with Gasteiger partial charge < -0.3 is 5.32 Å². The first-order chi connectivity index (χ1) is 9.61. The summed E-state index contributed by atoms with van der Waals surface area (Å²) in [6.45, 7) is 3.55. The smallest absolute Gasteiger partial charge is 0.255 e. The van der Waals surface area contributed by atoms with E-state index in [0.717, 1.165) is 6.42 Å². The van der Waals surface area contributed by atoms with Gasteiger partial charge >= 0.3 is 0 Å². The maximum Gasteiger partial charge on any atom is 0.255 e. The molecular formula is C17H17NO2. The molecule has 0 bridgehead atoms. The Hall–Kier alpha value is -2.42. The van der Waals surface area contributed by atoms with E-state index in [1.807, 2.05) is 12.1 Å². The van der Waals surface area contributed by atoms with Crippen LogP contribution in [-0.4, -0.2) is 11.7 Å². The van der Waals surface area contributed by atoms with E-state index in [0.29, 0.717) is 16.8 Å². The van der Waals surface area contributed by atoms with Gasteiger partial charge in [-0.2, -0.15) is 0 Å². The number of anilines is 1. The average molecular weight is 267 g/mol. The minimum atomic E-state index is -0.207. The van der Waals surface area contributed by atoms with E-state index in [4.69, 9.17) is 0 Å². The third-order valence-electron chi connectivity index (χ3n) is 3.18. The molecule has 2 aromatic carbocycles. The lowest BCUT2D eigenvalue weighted by Gasteiger charge is -2.09. The Kier molecular flexibility index (Phi) is 4.31. The van der Waals surface area contributed by atoms with E-state index in [9.17, 15) is 9.59 Å². The van der Waals surface area contributed by atoms with Crippen LogP contribution in [0.3, 0.4) is 0 Å². The molecule has 2 aromatic rings. The summed E-state index contributed by atoms with van der Waals surface area (Å²) in [4.78, 5) is 23.7. The van der Waals surface area contributed by atoms with Crippen LogP contribution in [0.25, 0.3) is 0 Å². The Bertz CT molecular complexity index is 630. The number of rotatable bonds is 4. The summed E-state index contributed by atoms with van der Waals surface area (Å²) in [5.74, 6) is -0.274. The van der Waals surface area contributed by atoms with Gasteiger partial charge in [0.2, 0.25) is 0 Å². The summed E-state index contributed by atoms with van der Waals surface area (Å²) in [6.07, 6.45) is 0.940. The molecule has 3 nitrogen and oxygen atoms in total. The molecule has 0 aliphatic rings. The van der Waals surface area contributed by atoms with Crippen LogP contribution in [0.1, 0.15) is 40.1 Å². The van der Waals surface area contributed by atoms with Crippen molar-refractivity contribution in [1.82, 2.24) is 0 Å². The first kappa shape index (κ1) is 14.0. The highest BCUT2D eigenvalue weighted by Crippen LogP contribution is 2.17. The number of Topliss-reactive ketones (excluding diaryl/α,β-unsaturated/α-hetero) is 1. The van der Waals surface area contributed by atoms with Crippen LogP contribution in [0.5, 0.6) is 0 Å². The lowest BCUT2D eigenvalue weighted by molar-refractivity contribution is 0.101. The number of nitrogens with one attached hydrogen (secondary N) is 1. The van der Waals surface area contributed by atoms with Crippen molar-refractivity contribution in [3.63, 3.8) is 0 Å². The average Bonchev–Trinajstić information content (AvgIpc) is 2.47. The summed E-state index contributed by atoms with van der Waals surface area (Å²) in [6, 6.07) is 14.5. The second-order valence-electron chi connectivity index (χ2n) is 4.61. The molecule has 0 atom stereocenters. The molecule has 0 aromatic heterocycles. The topological polar surface area (TPSA) is 46.2 Å². The van der Waals surface area contributed by atoms with Crippen molar-refractivity contribution >= 4 is 17.4 Å². The number of ketones is 1. The second-order valence-corrected chi connectivity index (χ2v) is 4.61. The Balaban J connectivity index is 2.21. The summed E-state index contributed by atoms with van der Waals surface area (Å²) >= 11 is 0. The molecule has 3 heteroatoms. The summed E-state index contributed by atoms with van der Waals surface area (Å²) in [5.41, 5.74) is 2.84. The number of carbonyl (C=O) groups excluding carboxylic acids is 2. The molecule has 0 heterocycles. The molecule has 0 saturated heterocycles. The van der Waals surface area contributed by atoms with Gasteiger partial charge in [-0.15, -0.1) is 0 Å². The van der Waals surface area contributed by atoms with Crippen molar-refractivity contribution in [3.05, 3.63) is 65.2 Å². The summed E-state index contributed by atoms with van der Waals surface area (Å²) in [5, 5.41) is 2.79. The fraction of sp³-hybridized carbons (Fsp3) is 0.176. The largest absolute Gasteiger partial charge is 0.321 e. The Labute approximate surface area is 118 Å². The fourth-order valence-electron chi connectivity index (χ4n) is 1.99. The van der Waals surface area contributed by atoms with Crippen molar-refractivity contribution in [2.45, 2.75) is 20.3 Å². The minimum Gasteiger partial charge on any atom is -0.321 e. The van der Waals surface area contributed by atoms with Crippen LogP contribution in [0.4, 0.5) is 5.69 Å². The molecule has 20 heavy (non-hydrogen) atoms. The van der Waals surface area contributed by atoms with E-state index in [2.05, 4.69) is 12.2 Å². The van der Waals surface area contributed by atoms with Crippen LogP contribution < -0.4 is 5.32 Å². The molecule has 0 spiro atoms. The van der Waals surface area contributed by atoms with Crippen LogP contribution in [-0.2, 0) is 6.42 Å². The van der Waals surface area contributed by atoms with Gasteiger partial charge in [-0.05, 0) is 43.2 Å². The fourth-order valence-corrected chi connectivity index (χ4v) is 1.99. The third-order valence-corrected chi connectivity index (χ3v) is 3.18. The maximum atomic E-state index is 12.2. The number of carbonyl (C=O) groups is 2. The second kappa shape index (κ2) is 6.15. The SMILES string of the molecule is CCc1ccc(C(=O)Nc2ccccc2C(C)=O)cc1. The Morgan fingerprint density at radius 2 is 1.65 bits per heavy atom. The van der Waals surface area contributed by atoms with Gasteiger partial charge in [0.1, 0.15) is 0 Å². The highest BCUT2D eigenvalue weighted by atomic mass is 16.1. The molecule has 0 aliphatic carbocycles. The summed E-state index contributed by atoms with van der Waals surface area (Å²) < 4.78 is 0. The van der Waals surface area contributed by atoms with E-state index < -0.39 is 0 Å². The molecule has 102 valence electrons. The lowest BCUT2D eigenvalue weighted by atomic mass is 10.1. The van der Waals surface area contributed by atoms with Gasteiger partial charge in [0.15, 0.2) is 5.78 Å². The van der Waals surface area contributed by atoms with Gasteiger partial charge in [-0.3, -0.25) is 9.59 Å². The number of aryl methyl sites for hydroxylation is 1. The normalized spacial score (nSPS) is 10.1. The van der Waals surface area contributed by atoms with E-state index in [-0.39, 0.29) is 11.7 Å². The lowest BCUT2D eigenvalue weighted by Crippen LogP contribution is -2.14. The molecule has 0 saturated carbocycles. The van der Waals surface area contributed by atoms with Gasteiger partial charge in [0.25, 0.3) is 5.91 Å². The van der Waals surface area contributed by atoms with Crippen LogP contribution in [0.15, 0.2) is 48.5 Å². The van der Waals surface area contributed by atoms with Crippen molar-refractivity contribution in [2.24, 2.45) is 0 Å². The van der Waals surface area contributed by atoms with Crippen molar-refractivity contribution in [2.75, 3.05) is 5.32 Å². The molecule has 2 rings (SSSR count). The molecule has 1 amide bonds. The number of hydrogen-bond donors (Lipinski definition) is 1. The monoisotopic (exact) mass is 267 g/mol. The van der Waals surface area contributed by atoms with Crippen LogP contribution in [0, 0.1) is 0 Å². The van der Waals surface area contributed by atoms with Crippen LogP contribution in [0.2, 0.25) is 0 Å². The van der Waals surface area contributed by atoms with Gasteiger partial charge in [0, 0.05) is 11.1 Å². The van der Waals surface area contributed by atoms with Gasteiger partial charge in [-0.25, -0.2) is 0 Å². The quantitative estimate of drug-likeness (QED) is 0.858. The molecule has 0 radical (unpaired) electrons. The zero-order valence-electron chi connectivity index (χ0n) is 11.6. The number of hydrogen-bond acceptors (Lipinski definition) is 2. The minimum absolute atomic E-state index is 0.0674. The molecule has 0 aliphatic heterocycles. The van der Waals surface area contributed by atoms with Crippen molar-refractivity contribution < 1.29 is 9.59 Å². The zero-order chi connectivity index (χ0) is 14.5. The first-order valence-electron chi connectivity index (χ1n) is 6.62. The highest BCUT2D eigenvalue weighted by molar-refractivity contribution is 6.08. The van der Waals surface area contributed by atoms with Gasteiger partial charge in [0.05, 0.1) is 5.69 Å².